The van der Waals surface area contributed by atoms with E-state index in [-0.39, 0.29) is 0 Å². The minimum Gasteiger partial charge on any atom is -0.315 e. The molecular weight excluding hydrogens is 220 g/mol. The molecule has 18 heavy (non-hydrogen) atoms. The van der Waals surface area contributed by atoms with Gasteiger partial charge in [-0.15, -0.1) is 0 Å². The van der Waals surface area contributed by atoms with Crippen molar-refractivity contribution >= 4 is 0 Å². The van der Waals surface area contributed by atoms with Crippen LogP contribution in [0.15, 0.2) is 0 Å². The van der Waals surface area contributed by atoms with Crippen molar-refractivity contribution in [2.24, 2.45) is 11.3 Å². The van der Waals surface area contributed by atoms with Gasteiger partial charge in [-0.05, 0) is 50.6 Å². The van der Waals surface area contributed by atoms with Crippen LogP contribution in [0, 0.1) is 11.3 Å². The van der Waals surface area contributed by atoms with Gasteiger partial charge in [-0.1, -0.05) is 33.1 Å². The smallest absolute Gasteiger partial charge is 0.0220 e. The first-order valence-electron chi connectivity index (χ1n) is 8.00. The van der Waals surface area contributed by atoms with Crippen LogP contribution in [0.2, 0.25) is 0 Å². The SMILES string of the molecule is CNC(CN1CCCC(C)(C)C1)C1CCCCC1. The van der Waals surface area contributed by atoms with Gasteiger partial charge in [0, 0.05) is 19.1 Å². The van der Waals surface area contributed by atoms with Crippen LogP contribution in [-0.2, 0) is 0 Å². The molecule has 2 fully saturated rings. The molecule has 2 heteroatoms. The molecule has 2 nitrogen and oxygen atoms in total. The van der Waals surface area contributed by atoms with Crippen molar-refractivity contribution in [3.63, 3.8) is 0 Å². The quantitative estimate of drug-likeness (QED) is 0.826. The number of hydrogen-bond donors (Lipinski definition) is 1. The fourth-order valence-electron chi connectivity index (χ4n) is 3.99. The molecule has 0 aromatic carbocycles. The number of rotatable bonds is 4. The highest BCUT2D eigenvalue weighted by atomic mass is 15.2. The summed E-state index contributed by atoms with van der Waals surface area (Å²) in [5.41, 5.74) is 0.531. The minimum absolute atomic E-state index is 0.531. The van der Waals surface area contributed by atoms with Crippen LogP contribution in [0.1, 0.15) is 58.8 Å². The van der Waals surface area contributed by atoms with Crippen molar-refractivity contribution < 1.29 is 0 Å². The van der Waals surface area contributed by atoms with Crippen molar-refractivity contribution in [2.75, 3.05) is 26.7 Å². The van der Waals surface area contributed by atoms with E-state index in [4.69, 9.17) is 0 Å². The van der Waals surface area contributed by atoms with E-state index in [0.29, 0.717) is 5.41 Å². The fraction of sp³-hybridized carbons (Fsp3) is 1.00. The van der Waals surface area contributed by atoms with E-state index < -0.39 is 0 Å². The zero-order valence-corrected chi connectivity index (χ0v) is 12.7. The van der Waals surface area contributed by atoms with Gasteiger partial charge in [0.05, 0.1) is 0 Å². The fourth-order valence-corrected chi connectivity index (χ4v) is 3.99. The molecule has 0 spiro atoms. The zero-order chi connectivity index (χ0) is 13.0. The van der Waals surface area contributed by atoms with Crippen molar-refractivity contribution in [1.82, 2.24) is 10.2 Å². The Hall–Kier alpha value is -0.0800. The molecule has 2 rings (SSSR count). The molecule has 0 aromatic rings. The Morgan fingerprint density at radius 2 is 1.89 bits per heavy atom. The normalized spacial score (nSPS) is 28.2. The van der Waals surface area contributed by atoms with E-state index in [1.54, 1.807) is 0 Å². The third-order valence-electron chi connectivity index (χ3n) is 5.02. The van der Waals surface area contributed by atoms with E-state index >= 15 is 0 Å². The largest absolute Gasteiger partial charge is 0.315 e. The third kappa shape index (κ3) is 3.96. The number of piperidine rings is 1. The number of nitrogens with zero attached hydrogens (tertiary/aromatic N) is 1. The Bertz CT molecular complexity index is 243. The molecule has 2 aliphatic rings. The maximum atomic E-state index is 3.60. The topological polar surface area (TPSA) is 15.3 Å². The lowest BCUT2D eigenvalue weighted by Gasteiger charge is -2.41. The highest BCUT2D eigenvalue weighted by molar-refractivity contribution is 4.85. The predicted octanol–water partition coefficient (Wildman–Crippen LogP) is 3.28. The number of likely N-dealkylation sites (tertiary alicyclic amines) is 1. The molecule has 1 unspecified atom stereocenters. The molecule has 1 heterocycles. The van der Waals surface area contributed by atoms with E-state index in [9.17, 15) is 0 Å². The average molecular weight is 252 g/mol. The molecule has 1 N–H and O–H groups in total. The predicted molar refractivity (Wildman–Crippen MR) is 78.9 cm³/mol. The number of likely N-dealkylation sites (N-methyl/N-ethyl adjacent to an activating group) is 1. The molecule has 0 radical (unpaired) electrons. The third-order valence-corrected chi connectivity index (χ3v) is 5.02. The van der Waals surface area contributed by atoms with Crippen LogP contribution >= 0.6 is 0 Å². The summed E-state index contributed by atoms with van der Waals surface area (Å²) in [6.07, 6.45) is 10.0. The highest BCUT2D eigenvalue weighted by Gasteiger charge is 2.30. The lowest BCUT2D eigenvalue weighted by molar-refractivity contribution is 0.0946. The van der Waals surface area contributed by atoms with E-state index in [0.717, 1.165) is 12.0 Å². The summed E-state index contributed by atoms with van der Waals surface area (Å²) in [5, 5.41) is 3.60. The van der Waals surface area contributed by atoms with Gasteiger partial charge in [-0.2, -0.15) is 0 Å². The second-order valence-electron chi connectivity index (χ2n) is 7.30. The Labute approximate surface area is 114 Å². The summed E-state index contributed by atoms with van der Waals surface area (Å²) < 4.78 is 0. The number of hydrogen-bond acceptors (Lipinski definition) is 2. The summed E-state index contributed by atoms with van der Waals surface area (Å²) >= 11 is 0. The Balaban J connectivity index is 1.85. The average Bonchev–Trinajstić information content (AvgIpc) is 2.36. The summed E-state index contributed by atoms with van der Waals surface area (Å²) in [4.78, 5) is 2.71. The van der Waals surface area contributed by atoms with Crippen molar-refractivity contribution in [3.8, 4) is 0 Å². The Morgan fingerprint density at radius 1 is 1.17 bits per heavy atom. The summed E-state index contributed by atoms with van der Waals surface area (Å²) in [5.74, 6) is 0.925. The first-order chi connectivity index (χ1) is 8.61. The van der Waals surface area contributed by atoms with E-state index in [1.165, 1.54) is 64.6 Å². The van der Waals surface area contributed by atoms with E-state index in [2.05, 4.69) is 31.1 Å². The first-order valence-corrected chi connectivity index (χ1v) is 8.00. The second kappa shape index (κ2) is 6.38. The van der Waals surface area contributed by atoms with Gasteiger partial charge >= 0.3 is 0 Å². The summed E-state index contributed by atoms with van der Waals surface area (Å²) in [7, 11) is 2.16. The summed E-state index contributed by atoms with van der Waals surface area (Å²) in [6, 6.07) is 0.721. The molecule has 1 atom stereocenters. The molecule has 1 saturated heterocycles. The van der Waals surface area contributed by atoms with Crippen LogP contribution in [0.3, 0.4) is 0 Å². The van der Waals surface area contributed by atoms with Crippen molar-refractivity contribution in [1.29, 1.82) is 0 Å². The van der Waals surface area contributed by atoms with Crippen molar-refractivity contribution in [2.45, 2.75) is 64.8 Å². The standard InChI is InChI=1S/C16H32N2/c1-16(2)10-7-11-18(13-16)12-15(17-3)14-8-5-4-6-9-14/h14-15,17H,4-13H2,1-3H3. The van der Waals surface area contributed by atoms with Gasteiger partial charge < -0.3 is 10.2 Å². The van der Waals surface area contributed by atoms with Crippen LogP contribution in [0.25, 0.3) is 0 Å². The van der Waals surface area contributed by atoms with Crippen LogP contribution in [0.4, 0.5) is 0 Å². The molecule has 0 bridgehead atoms. The number of nitrogens with one attached hydrogen (secondary N) is 1. The lowest BCUT2D eigenvalue weighted by Crippen LogP contribution is -2.49. The molecule has 1 saturated carbocycles. The van der Waals surface area contributed by atoms with Crippen molar-refractivity contribution in [3.05, 3.63) is 0 Å². The molecule has 106 valence electrons. The maximum Gasteiger partial charge on any atom is 0.0220 e. The van der Waals surface area contributed by atoms with Gasteiger partial charge in [0.25, 0.3) is 0 Å². The molecule has 1 aliphatic carbocycles. The van der Waals surface area contributed by atoms with Crippen LogP contribution < -0.4 is 5.32 Å². The molecule has 0 aromatic heterocycles. The van der Waals surface area contributed by atoms with Gasteiger partial charge in [0.15, 0.2) is 0 Å². The lowest BCUT2D eigenvalue weighted by atomic mass is 9.81. The zero-order valence-electron chi connectivity index (χ0n) is 12.7. The van der Waals surface area contributed by atoms with Crippen LogP contribution in [0.5, 0.6) is 0 Å². The Morgan fingerprint density at radius 3 is 2.50 bits per heavy atom. The van der Waals surface area contributed by atoms with Gasteiger partial charge in [0.1, 0.15) is 0 Å². The van der Waals surface area contributed by atoms with Crippen LogP contribution in [-0.4, -0.2) is 37.6 Å². The van der Waals surface area contributed by atoms with Gasteiger partial charge in [0.2, 0.25) is 0 Å². The van der Waals surface area contributed by atoms with Gasteiger partial charge in [-0.25, -0.2) is 0 Å². The minimum atomic E-state index is 0.531. The maximum absolute atomic E-state index is 3.60. The summed E-state index contributed by atoms with van der Waals surface area (Å²) in [6.45, 7) is 8.72. The Kier molecular flexibility index (Phi) is 5.08. The highest BCUT2D eigenvalue weighted by Crippen LogP contribution is 2.30. The van der Waals surface area contributed by atoms with E-state index in [1.807, 2.05) is 0 Å². The molecule has 1 aliphatic heterocycles. The first kappa shape index (κ1) is 14.3. The monoisotopic (exact) mass is 252 g/mol. The van der Waals surface area contributed by atoms with Gasteiger partial charge in [-0.3, -0.25) is 0 Å². The second-order valence-corrected chi connectivity index (χ2v) is 7.30. The molecular formula is C16H32N2. The molecule has 0 amide bonds.